The Bertz CT molecular complexity index is 811. The molecule has 0 unspecified atom stereocenters. The first-order chi connectivity index (χ1) is 11.5. The zero-order valence-electron chi connectivity index (χ0n) is 13.9. The first-order valence-corrected chi connectivity index (χ1v) is 10.8. The Morgan fingerprint density at radius 2 is 2.08 bits per heavy atom. The summed E-state index contributed by atoms with van der Waals surface area (Å²) in [4.78, 5) is 4.80. The van der Waals surface area contributed by atoms with E-state index in [9.17, 15) is 8.42 Å². The van der Waals surface area contributed by atoms with Crippen LogP contribution < -0.4 is 0 Å². The van der Waals surface area contributed by atoms with Crippen molar-refractivity contribution < 1.29 is 13.2 Å². The average Bonchev–Trinajstić information content (AvgIpc) is 2.90. The Morgan fingerprint density at radius 1 is 1.33 bits per heavy atom. The van der Waals surface area contributed by atoms with E-state index in [1.165, 1.54) is 0 Å². The van der Waals surface area contributed by atoms with Gasteiger partial charge in [0.1, 0.15) is 5.82 Å². The highest BCUT2D eigenvalue weighted by molar-refractivity contribution is 8.13. The molecule has 5 nitrogen and oxygen atoms in total. The highest BCUT2D eigenvalue weighted by Gasteiger charge is 2.20. The van der Waals surface area contributed by atoms with Crippen LogP contribution in [0.4, 0.5) is 0 Å². The van der Waals surface area contributed by atoms with Crippen molar-refractivity contribution in [2.75, 3.05) is 13.2 Å². The lowest BCUT2D eigenvalue weighted by molar-refractivity contribution is 0.0613. The van der Waals surface area contributed by atoms with Crippen LogP contribution in [0.25, 0.3) is 11.0 Å². The number of benzene rings is 1. The third-order valence-electron chi connectivity index (χ3n) is 4.62. The fraction of sp³-hybridized carbons (Fsp3) is 0.588. The van der Waals surface area contributed by atoms with Crippen LogP contribution in [0.15, 0.2) is 23.1 Å². The van der Waals surface area contributed by atoms with Crippen molar-refractivity contribution >= 4 is 30.8 Å². The predicted octanol–water partition coefficient (Wildman–Crippen LogP) is 3.73. The van der Waals surface area contributed by atoms with E-state index in [2.05, 4.69) is 11.5 Å². The third-order valence-corrected chi connectivity index (χ3v) is 5.97. The number of aromatic nitrogens is 2. The lowest BCUT2D eigenvalue weighted by Gasteiger charge is -2.23. The SMILES string of the molecule is CCCCc1nc2cc(S(=O)(=O)Cl)ccc2n1CC1CCOCC1. The predicted molar refractivity (Wildman–Crippen MR) is 94.9 cm³/mol. The van der Waals surface area contributed by atoms with Gasteiger partial charge in [-0.2, -0.15) is 0 Å². The lowest BCUT2D eigenvalue weighted by Crippen LogP contribution is -2.21. The van der Waals surface area contributed by atoms with E-state index in [-0.39, 0.29) is 4.90 Å². The first-order valence-electron chi connectivity index (χ1n) is 8.50. The molecule has 1 fully saturated rings. The molecule has 0 aliphatic carbocycles. The van der Waals surface area contributed by atoms with Gasteiger partial charge in [-0.15, -0.1) is 0 Å². The van der Waals surface area contributed by atoms with Gasteiger partial charge in [0.25, 0.3) is 9.05 Å². The molecule has 2 aromatic rings. The molecule has 0 radical (unpaired) electrons. The van der Waals surface area contributed by atoms with Crippen molar-refractivity contribution in [3.05, 3.63) is 24.0 Å². The topological polar surface area (TPSA) is 61.2 Å². The number of halogens is 1. The third kappa shape index (κ3) is 3.92. The summed E-state index contributed by atoms with van der Waals surface area (Å²) in [6.07, 6.45) is 5.18. The van der Waals surface area contributed by atoms with E-state index in [0.29, 0.717) is 11.4 Å². The summed E-state index contributed by atoms with van der Waals surface area (Å²) in [5.74, 6) is 1.61. The molecule has 0 atom stereocenters. The van der Waals surface area contributed by atoms with Crippen LogP contribution in [0.3, 0.4) is 0 Å². The maximum atomic E-state index is 11.6. The molecule has 1 aliphatic heterocycles. The molecule has 0 saturated carbocycles. The van der Waals surface area contributed by atoms with Crippen LogP contribution in [0, 0.1) is 5.92 Å². The summed E-state index contributed by atoms with van der Waals surface area (Å²) in [5.41, 5.74) is 1.69. The van der Waals surface area contributed by atoms with Crippen LogP contribution in [-0.2, 0) is 26.8 Å². The maximum absolute atomic E-state index is 11.6. The maximum Gasteiger partial charge on any atom is 0.261 e. The molecule has 2 heterocycles. The second-order valence-electron chi connectivity index (χ2n) is 6.39. The van der Waals surface area contributed by atoms with Crippen molar-refractivity contribution in [3.63, 3.8) is 0 Å². The lowest BCUT2D eigenvalue weighted by atomic mass is 10.00. The Kier molecular flexibility index (Phi) is 5.47. The monoisotopic (exact) mass is 370 g/mol. The van der Waals surface area contributed by atoms with Crippen molar-refractivity contribution in [2.24, 2.45) is 5.92 Å². The van der Waals surface area contributed by atoms with Crippen molar-refractivity contribution in [1.29, 1.82) is 0 Å². The summed E-state index contributed by atoms with van der Waals surface area (Å²) in [5, 5.41) is 0. The number of rotatable bonds is 6. The summed E-state index contributed by atoms with van der Waals surface area (Å²) in [6.45, 7) is 4.70. The number of unbranched alkanes of at least 4 members (excludes halogenated alkanes) is 1. The average molecular weight is 371 g/mol. The zero-order chi connectivity index (χ0) is 17.2. The van der Waals surface area contributed by atoms with E-state index < -0.39 is 9.05 Å². The van der Waals surface area contributed by atoms with E-state index in [1.54, 1.807) is 12.1 Å². The number of ether oxygens (including phenoxy) is 1. The number of aryl methyl sites for hydroxylation is 1. The Balaban J connectivity index is 1.99. The highest BCUT2D eigenvalue weighted by atomic mass is 35.7. The Labute approximate surface area is 147 Å². The smallest absolute Gasteiger partial charge is 0.261 e. The normalized spacial score (nSPS) is 16.8. The van der Waals surface area contributed by atoms with Gasteiger partial charge in [-0.3, -0.25) is 0 Å². The van der Waals surface area contributed by atoms with Crippen molar-refractivity contribution in [2.45, 2.75) is 50.5 Å². The second kappa shape index (κ2) is 7.42. The molecule has 1 saturated heterocycles. The van der Waals surface area contributed by atoms with Gasteiger partial charge in [0.15, 0.2) is 0 Å². The van der Waals surface area contributed by atoms with Crippen LogP contribution in [0.2, 0.25) is 0 Å². The van der Waals surface area contributed by atoms with Crippen LogP contribution in [-0.4, -0.2) is 31.2 Å². The summed E-state index contributed by atoms with van der Waals surface area (Å²) < 4.78 is 30.9. The molecule has 0 spiro atoms. The van der Waals surface area contributed by atoms with Crippen LogP contribution >= 0.6 is 10.7 Å². The number of nitrogens with zero attached hydrogens (tertiary/aromatic N) is 2. The molecule has 1 aliphatic rings. The molecular weight excluding hydrogens is 348 g/mol. The molecule has 0 N–H and O–H groups in total. The minimum Gasteiger partial charge on any atom is -0.381 e. The van der Waals surface area contributed by atoms with Gasteiger partial charge < -0.3 is 9.30 Å². The highest BCUT2D eigenvalue weighted by Crippen LogP contribution is 2.26. The van der Waals surface area contributed by atoms with E-state index in [4.69, 9.17) is 20.4 Å². The molecule has 0 amide bonds. The molecule has 1 aromatic heterocycles. The minimum absolute atomic E-state index is 0.106. The minimum atomic E-state index is -3.74. The molecule has 132 valence electrons. The Morgan fingerprint density at radius 3 is 2.75 bits per heavy atom. The van der Waals surface area contributed by atoms with Gasteiger partial charge in [0.2, 0.25) is 0 Å². The summed E-state index contributed by atoms with van der Waals surface area (Å²) >= 11 is 0. The molecule has 0 bridgehead atoms. The van der Waals surface area contributed by atoms with Gasteiger partial charge >= 0.3 is 0 Å². The number of hydrogen-bond donors (Lipinski definition) is 0. The van der Waals surface area contributed by atoms with Crippen LogP contribution in [0.5, 0.6) is 0 Å². The van der Waals surface area contributed by atoms with Crippen molar-refractivity contribution in [1.82, 2.24) is 9.55 Å². The van der Waals surface area contributed by atoms with Crippen molar-refractivity contribution in [3.8, 4) is 0 Å². The van der Waals surface area contributed by atoms with Gasteiger partial charge in [0.05, 0.1) is 15.9 Å². The Hall–Kier alpha value is -1.11. The van der Waals surface area contributed by atoms with Crippen LogP contribution in [0.1, 0.15) is 38.4 Å². The molecule has 1 aromatic carbocycles. The fourth-order valence-corrected chi connectivity index (χ4v) is 4.00. The summed E-state index contributed by atoms with van der Waals surface area (Å²) in [6, 6.07) is 4.97. The fourth-order valence-electron chi connectivity index (χ4n) is 3.23. The molecule has 3 rings (SSSR count). The first kappa shape index (κ1) is 17.7. The standard InChI is InChI=1S/C17H23ClN2O3S/c1-2-3-4-17-19-15-11-14(24(18,21)22)5-6-16(15)20(17)12-13-7-9-23-10-8-13/h5-6,11,13H,2-4,7-10,12H2,1H3. The number of fused-ring (bicyclic) bond motifs is 1. The van der Waals surface area contributed by atoms with Gasteiger partial charge in [-0.1, -0.05) is 13.3 Å². The molecule has 7 heteroatoms. The number of hydrogen-bond acceptors (Lipinski definition) is 4. The largest absolute Gasteiger partial charge is 0.381 e. The van der Waals surface area contributed by atoms with Gasteiger partial charge in [0, 0.05) is 36.9 Å². The van der Waals surface area contributed by atoms with E-state index >= 15 is 0 Å². The molecular formula is C17H23ClN2O3S. The van der Waals surface area contributed by atoms with E-state index in [1.807, 2.05) is 6.07 Å². The number of imidazole rings is 1. The van der Waals surface area contributed by atoms with E-state index in [0.717, 1.165) is 63.2 Å². The summed E-state index contributed by atoms with van der Waals surface area (Å²) in [7, 11) is 1.73. The van der Waals surface area contributed by atoms with Gasteiger partial charge in [-0.25, -0.2) is 13.4 Å². The second-order valence-corrected chi connectivity index (χ2v) is 8.95. The molecule has 24 heavy (non-hydrogen) atoms. The van der Waals surface area contributed by atoms with Gasteiger partial charge in [-0.05, 0) is 43.4 Å². The quantitative estimate of drug-likeness (QED) is 0.727. The zero-order valence-corrected chi connectivity index (χ0v) is 15.4.